The van der Waals surface area contributed by atoms with Crippen LogP contribution in [0.3, 0.4) is 0 Å². The highest BCUT2D eigenvalue weighted by Crippen LogP contribution is 2.51. The lowest BCUT2D eigenvalue weighted by Crippen LogP contribution is -2.34. The summed E-state index contributed by atoms with van der Waals surface area (Å²) >= 11 is 0. The summed E-state index contributed by atoms with van der Waals surface area (Å²) in [6.07, 6.45) is 2.48. The molecular weight excluding hydrogens is 422 g/mol. The molecule has 0 saturated heterocycles. The van der Waals surface area contributed by atoms with E-state index in [2.05, 4.69) is 123 Å². The molecule has 3 aromatic rings. The van der Waals surface area contributed by atoms with Gasteiger partial charge in [-0.25, -0.2) is 0 Å². The molecule has 0 spiro atoms. The molecule has 1 nitrogen and oxygen atoms in total. The summed E-state index contributed by atoms with van der Waals surface area (Å²) in [5, 5.41) is 3.82. The highest BCUT2D eigenvalue weighted by molar-refractivity contribution is 5.83. The predicted molar refractivity (Wildman–Crippen MR) is 152 cm³/mol. The lowest BCUT2D eigenvalue weighted by Gasteiger charge is -2.42. The van der Waals surface area contributed by atoms with Gasteiger partial charge in [-0.1, -0.05) is 92.6 Å². The molecule has 2 aliphatic carbocycles. The van der Waals surface area contributed by atoms with E-state index in [1.165, 1.54) is 68.7 Å². The van der Waals surface area contributed by atoms with E-state index in [1.54, 1.807) is 0 Å². The first-order valence-electron chi connectivity index (χ1n) is 13.3. The monoisotopic (exact) mass is 465 g/mol. The van der Waals surface area contributed by atoms with Crippen LogP contribution < -0.4 is 5.32 Å². The van der Waals surface area contributed by atoms with Crippen LogP contribution in [0.15, 0.2) is 48.5 Å². The molecule has 0 heterocycles. The first kappa shape index (κ1) is 24.2. The normalized spacial score (nSPS) is 19.0. The zero-order valence-electron chi connectivity index (χ0n) is 23.5. The average molecular weight is 466 g/mol. The summed E-state index contributed by atoms with van der Waals surface area (Å²) in [6.45, 7) is 23.5. The fraction of sp³-hybridized carbons (Fsp3) is 0.471. The van der Waals surface area contributed by atoms with Crippen molar-refractivity contribution >= 4 is 11.4 Å². The molecule has 3 aromatic carbocycles. The summed E-state index contributed by atoms with van der Waals surface area (Å²) in [5.41, 5.74) is 14.4. The number of nitrogens with one attached hydrogen (secondary N) is 1. The summed E-state index contributed by atoms with van der Waals surface area (Å²) in [4.78, 5) is 0. The van der Waals surface area contributed by atoms with Crippen molar-refractivity contribution < 1.29 is 0 Å². The molecule has 0 radical (unpaired) electrons. The quantitative estimate of drug-likeness (QED) is 0.397. The van der Waals surface area contributed by atoms with E-state index in [0.29, 0.717) is 0 Å². The third-order valence-corrected chi connectivity index (χ3v) is 9.02. The van der Waals surface area contributed by atoms with E-state index in [1.807, 2.05) is 0 Å². The van der Waals surface area contributed by atoms with Crippen LogP contribution in [0.4, 0.5) is 11.4 Å². The highest BCUT2D eigenvalue weighted by atomic mass is 14.9. The molecular formula is C34H43N. The average Bonchev–Trinajstić information content (AvgIpc) is 2.98. The minimum atomic E-state index is -0.00428. The maximum absolute atomic E-state index is 3.82. The van der Waals surface area contributed by atoms with E-state index in [4.69, 9.17) is 0 Å². The van der Waals surface area contributed by atoms with Crippen molar-refractivity contribution in [3.8, 4) is 11.1 Å². The van der Waals surface area contributed by atoms with Gasteiger partial charge in [0.1, 0.15) is 0 Å². The second-order valence-corrected chi connectivity index (χ2v) is 14.0. The van der Waals surface area contributed by atoms with Crippen LogP contribution in [0.2, 0.25) is 0 Å². The molecule has 2 aliphatic rings. The third-order valence-electron chi connectivity index (χ3n) is 9.02. The maximum Gasteiger partial charge on any atom is 0.0417 e. The first-order chi connectivity index (χ1) is 16.1. The van der Waals surface area contributed by atoms with Gasteiger partial charge in [0.15, 0.2) is 0 Å². The Labute approximate surface area is 213 Å². The largest absolute Gasteiger partial charge is 0.355 e. The standard InChI is InChI=1S/C34H43N/c1-21-17-28-29(33(7,8)16-15-32(28,5)6)20-30(21)35-23-12-13-24-25-18-22(31(2,3)4)11-14-26(25)34(9,10)27(24)19-23/h11-14,17-20,35H,15-16H2,1-10H3. The number of hydrogen-bond acceptors (Lipinski definition) is 1. The molecule has 0 atom stereocenters. The molecule has 35 heavy (non-hydrogen) atoms. The topological polar surface area (TPSA) is 12.0 Å². The Morgan fingerprint density at radius 2 is 1.29 bits per heavy atom. The summed E-state index contributed by atoms with van der Waals surface area (Å²) in [7, 11) is 0. The van der Waals surface area contributed by atoms with Crippen molar-refractivity contribution in [2.45, 2.75) is 104 Å². The minimum Gasteiger partial charge on any atom is -0.355 e. The van der Waals surface area contributed by atoms with Gasteiger partial charge in [-0.3, -0.25) is 0 Å². The zero-order valence-corrected chi connectivity index (χ0v) is 23.5. The molecule has 184 valence electrons. The van der Waals surface area contributed by atoms with Gasteiger partial charge in [-0.15, -0.1) is 0 Å². The van der Waals surface area contributed by atoms with Crippen molar-refractivity contribution in [2.24, 2.45) is 0 Å². The van der Waals surface area contributed by atoms with Crippen LogP contribution in [0.5, 0.6) is 0 Å². The number of rotatable bonds is 2. The van der Waals surface area contributed by atoms with Gasteiger partial charge in [0.25, 0.3) is 0 Å². The third kappa shape index (κ3) is 3.83. The Balaban J connectivity index is 1.55. The van der Waals surface area contributed by atoms with Gasteiger partial charge in [-0.05, 0) is 98.7 Å². The Bertz CT molecular complexity index is 1330. The van der Waals surface area contributed by atoms with E-state index in [9.17, 15) is 0 Å². The van der Waals surface area contributed by atoms with Gasteiger partial charge in [-0.2, -0.15) is 0 Å². The van der Waals surface area contributed by atoms with E-state index in [0.717, 1.165) is 0 Å². The summed E-state index contributed by atoms with van der Waals surface area (Å²) < 4.78 is 0. The van der Waals surface area contributed by atoms with Gasteiger partial charge < -0.3 is 5.32 Å². The Morgan fingerprint density at radius 1 is 0.657 bits per heavy atom. The molecule has 0 amide bonds. The first-order valence-corrected chi connectivity index (χ1v) is 13.3. The Kier molecular flexibility index (Phi) is 5.17. The summed E-state index contributed by atoms with van der Waals surface area (Å²) in [6, 6.07) is 19.0. The molecule has 0 aliphatic heterocycles. The molecule has 0 fully saturated rings. The second-order valence-electron chi connectivity index (χ2n) is 14.0. The smallest absolute Gasteiger partial charge is 0.0417 e. The lowest BCUT2D eigenvalue weighted by molar-refractivity contribution is 0.332. The van der Waals surface area contributed by atoms with Crippen molar-refractivity contribution in [1.82, 2.24) is 0 Å². The van der Waals surface area contributed by atoms with Crippen LogP contribution >= 0.6 is 0 Å². The molecule has 1 N–H and O–H groups in total. The van der Waals surface area contributed by atoms with E-state index < -0.39 is 0 Å². The molecule has 0 saturated carbocycles. The van der Waals surface area contributed by atoms with Crippen molar-refractivity contribution in [3.63, 3.8) is 0 Å². The number of anilines is 2. The molecule has 0 unspecified atom stereocenters. The van der Waals surface area contributed by atoms with Crippen LogP contribution in [0, 0.1) is 6.92 Å². The predicted octanol–water partition coefficient (Wildman–Crippen LogP) is 9.69. The Morgan fingerprint density at radius 3 is 1.91 bits per heavy atom. The second kappa shape index (κ2) is 7.48. The van der Waals surface area contributed by atoms with Crippen molar-refractivity contribution in [1.29, 1.82) is 0 Å². The number of hydrogen-bond donors (Lipinski definition) is 1. The van der Waals surface area contributed by atoms with Crippen LogP contribution in [-0.4, -0.2) is 0 Å². The number of aryl methyl sites for hydroxylation is 1. The zero-order chi connectivity index (χ0) is 25.6. The number of fused-ring (bicyclic) bond motifs is 4. The molecule has 1 heteroatoms. The van der Waals surface area contributed by atoms with Gasteiger partial charge in [0.2, 0.25) is 0 Å². The highest BCUT2D eigenvalue weighted by Gasteiger charge is 2.38. The molecule has 0 aromatic heterocycles. The van der Waals surface area contributed by atoms with Crippen molar-refractivity contribution in [3.05, 3.63) is 81.9 Å². The SMILES string of the molecule is Cc1cc2c(cc1Nc1ccc3c(c1)C(C)(C)c1ccc(C(C)(C)C)cc1-3)C(C)(C)CCC2(C)C. The van der Waals surface area contributed by atoms with E-state index >= 15 is 0 Å². The van der Waals surface area contributed by atoms with Gasteiger partial charge >= 0.3 is 0 Å². The molecule has 0 bridgehead atoms. The van der Waals surface area contributed by atoms with Gasteiger partial charge in [0.05, 0.1) is 0 Å². The fourth-order valence-electron chi connectivity index (χ4n) is 6.31. The summed E-state index contributed by atoms with van der Waals surface area (Å²) in [5.74, 6) is 0. The minimum absolute atomic E-state index is 0.00428. The van der Waals surface area contributed by atoms with Gasteiger partial charge in [0, 0.05) is 16.8 Å². The van der Waals surface area contributed by atoms with Crippen LogP contribution in [0.25, 0.3) is 11.1 Å². The Hall–Kier alpha value is -2.54. The van der Waals surface area contributed by atoms with E-state index in [-0.39, 0.29) is 21.7 Å². The maximum atomic E-state index is 3.82. The number of benzene rings is 3. The van der Waals surface area contributed by atoms with Crippen LogP contribution in [0.1, 0.15) is 109 Å². The van der Waals surface area contributed by atoms with Crippen molar-refractivity contribution in [2.75, 3.05) is 5.32 Å². The molecule has 5 rings (SSSR count). The fourth-order valence-corrected chi connectivity index (χ4v) is 6.31. The van der Waals surface area contributed by atoms with Crippen LogP contribution in [-0.2, 0) is 21.7 Å². The lowest BCUT2D eigenvalue weighted by atomic mass is 9.63.